The van der Waals surface area contributed by atoms with E-state index in [0.29, 0.717) is 0 Å². The summed E-state index contributed by atoms with van der Waals surface area (Å²) < 4.78 is 0. The molecule has 1 fully saturated rings. The molecule has 1 aromatic rings. The number of anilines is 1. The number of piperidine rings is 1. The third-order valence-electron chi connectivity index (χ3n) is 4.97. The van der Waals surface area contributed by atoms with E-state index in [1.165, 1.54) is 0 Å². The average Bonchev–Trinajstić information content (AvgIpc) is 2.51. The third-order valence-corrected chi connectivity index (χ3v) is 4.97. The molecule has 2 rings (SSSR count). The second-order valence-electron chi connectivity index (χ2n) is 8.58. The largest absolute Gasteiger partial charge is 0.345 e. The van der Waals surface area contributed by atoms with Crippen molar-refractivity contribution in [1.29, 1.82) is 0 Å². The summed E-state index contributed by atoms with van der Waals surface area (Å²) in [5.74, 6) is -1.15. The molecule has 5 heteroatoms. The highest BCUT2D eigenvalue weighted by atomic mass is 16.2. The van der Waals surface area contributed by atoms with Crippen molar-refractivity contribution in [1.82, 2.24) is 10.6 Å². The lowest BCUT2D eigenvalue weighted by molar-refractivity contribution is -0.137. The number of aryl methyl sites for hydroxylation is 2. The third kappa shape index (κ3) is 5.07. The van der Waals surface area contributed by atoms with Gasteiger partial charge in [-0.1, -0.05) is 32.0 Å². The SMILES string of the molecule is CCc1cccc(CC)c1NC(=O)C(=O)NC1CC(C)(C)NC(C)(C)C1. The normalized spacial score (nSPS) is 19.0. The molecule has 1 aromatic carbocycles. The van der Waals surface area contributed by atoms with Crippen molar-refractivity contribution in [2.75, 3.05) is 5.32 Å². The summed E-state index contributed by atoms with van der Waals surface area (Å²) in [5.41, 5.74) is 2.72. The number of nitrogens with one attached hydrogen (secondary N) is 3. The molecular weight excluding hydrogens is 326 g/mol. The molecule has 0 radical (unpaired) electrons. The van der Waals surface area contributed by atoms with Gasteiger partial charge in [-0.05, 0) is 64.5 Å². The zero-order chi connectivity index (χ0) is 19.5. The molecule has 0 aromatic heterocycles. The van der Waals surface area contributed by atoms with Gasteiger partial charge in [-0.3, -0.25) is 9.59 Å². The van der Waals surface area contributed by atoms with Gasteiger partial charge in [0.2, 0.25) is 0 Å². The molecule has 5 nitrogen and oxygen atoms in total. The molecule has 0 unspecified atom stereocenters. The number of amides is 2. The van der Waals surface area contributed by atoms with Crippen LogP contribution in [-0.4, -0.2) is 28.9 Å². The fourth-order valence-electron chi connectivity index (χ4n) is 4.25. The van der Waals surface area contributed by atoms with Crippen molar-refractivity contribution in [3.05, 3.63) is 29.3 Å². The van der Waals surface area contributed by atoms with Crippen LogP contribution in [-0.2, 0) is 22.4 Å². The van der Waals surface area contributed by atoms with E-state index in [1.54, 1.807) is 0 Å². The monoisotopic (exact) mass is 359 g/mol. The molecule has 0 atom stereocenters. The zero-order valence-electron chi connectivity index (χ0n) is 17.0. The van der Waals surface area contributed by atoms with Crippen LogP contribution in [0.5, 0.6) is 0 Å². The van der Waals surface area contributed by atoms with E-state index in [0.717, 1.165) is 42.5 Å². The lowest BCUT2D eigenvalue weighted by Crippen LogP contribution is -2.62. The predicted molar refractivity (Wildman–Crippen MR) is 106 cm³/mol. The molecule has 1 aliphatic rings. The van der Waals surface area contributed by atoms with Gasteiger partial charge < -0.3 is 16.0 Å². The maximum Gasteiger partial charge on any atom is 0.313 e. The Morgan fingerprint density at radius 1 is 1.00 bits per heavy atom. The van der Waals surface area contributed by atoms with E-state index in [2.05, 4.69) is 43.6 Å². The van der Waals surface area contributed by atoms with Crippen LogP contribution in [0.4, 0.5) is 5.69 Å². The Kier molecular flexibility index (Phi) is 6.12. The second-order valence-corrected chi connectivity index (χ2v) is 8.58. The van der Waals surface area contributed by atoms with Crippen LogP contribution in [0, 0.1) is 0 Å². The Bertz CT molecular complexity index is 642. The number of hydrogen-bond acceptors (Lipinski definition) is 3. The molecule has 3 N–H and O–H groups in total. The van der Waals surface area contributed by atoms with Gasteiger partial charge in [-0.2, -0.15) is 0 Å². The first-order valence-electron chi connectivity index (χ1n) is 9.59. The van der Waals surface area contributed by atoms with E-state index >= 15 is 0 Å². The average molecular weight is 360 g/mol. The standard InChI is InChI=1S/C21H33N3O2/c1-7-14-10-9-11-15(8-2)17(14)23-19(26)18(25)22-16-12-20(3,4)24-21(5,6)13-16/h9-11,16,24H,7-8,12-13H2,1-6H3,(H,22,25)(H,23,26). The van der Waals surface area contributed by atoms with E-state index < -0.39 is 11.8 Å². The van der Waals surface area contributed by atoms with E-state index in [-0.39, 0.29) is 17.1 Å². The van der Waals surface area contributed by atoms with Gasteiger partial charge in [-0.25, -0.2) is 0 Å². The molecule has 0 spiro atoms. The molecular formula is C21H33N3O2. The molecule has 0 bridgehead atoms. The van der Waals surface area contributed by atoms with Crippen molar-refractivity contribution in [2.45, 2.75) is 84.3 Å². The first-order chi connectivity index (χ1) is 12.1. The van der Waals surface area contributed by atoms with Crippen molar-refractivity contribution < 1.29 is 9.59 Å². The van der Waals surface area contributed by atoms with Crippen molar-refractivity contribution in [2.24, 2.45) is 0 Å². The Hall–Kier alpha value is -1.88. The van der Waals surface area contributed by atoms with Gasteiger partial charge >= 0.3 is 11.8 Å². The maximum atomic E-state index is 12.5. The minimum absolute atomic E-state index is 0.0217. The number of carbonyl (C=O) groups is 2. The van der Waals surface area contributed by atoms with Crippen LogP contribution in [0.3, 0.4) is 0 Å². The van der Waals surface area contributed by atoms with Crippen LogP contribution >= 0.6 is 0 Å². The molecule has 26 heavy (non-hydrogen) atoms. The zero-order valence-corrected chi connectivity index (χ0v) is 17.0. The Morgan fingerprint density at radius 2 is 1.50 bits per heavy atom. The van der Waals surface area contributed by atoms with Gasteiger partial charge in [0.1, 0.15) is 0 Å². The molecule has 2 amide bonds. The number of carbonyl (C=O) groups excluding carboxylic acids is 2. The topological polar surface area (TPSA) is 70.2 Å². The van der Waals surface area contributed by atoms with Crippen LogP contribution in [0.25, 0.3) is 0 Å². The molecule has 1 heterocycles. The molecule has 1 saturated heterocycles. The van der Waals surface area contributed by atoms with E-state index in [9.17, 15) is 9.59 Å². The van der Waals surface area contributed by atoms with Crippen LogP contribution in [0.1, 0.15) is 65.5 Å². The number of rotatable bonds is 4. The molecule has 144 valence electrons. The highest BCUT2D eigenvalue weighted by Crippen LogP contribution is 2.28. The van der Waals surface area contributed by atoms with Crippen LogP contribution < -0.4 is 16.0 Å². The van der Waals surface area contributed by atoms with E-state index in [1.807, 2.05) is 32.0 Å². The summed E-state index contributed by atoms with van der Waals surface area (Å²) in [5, 5.41) is 9.36. The highest BCUT2D eigenvalue weighted by Gasteiger charge is 2.38. The van der Waals surface area contributed by atoms with Crippen molar-refractivity contribution >= 4 is 17.5 Å². The van der Waals surface area contributed by atoms with Crippen molar-refractivity contribution in [3.63, 3.8) is 0 Å². The van der Waals surface area contributed by atoms with Gasteiger partial charge in [-0.15, -0.1) is 0 Å². The minimum atomic E-state index is -0.588. The summed E-state index contributed by atoms with van der Waals surface area (Å²) in [4.78, 5) is 25.0. The minimum Gasteiger partial charge on any atom is -0.345 e. The molecule has 0 saturated carbocycles. The summed E-state index contributed by atoms with van der Waals surface area (Å²) in [6.07, 6.45) is 3.20. The number of hydrogen-bond donors (Lipinski definition) is 3. The smallest absolute Gasteiger partial charge is 0.313 e. The van der Waals surface area contributed by atoms with E-state index in [4.69, 9.17) is 0 Å². The van der Waals surface area contributed by atoms with Gasteiger partial charge in [0.05, 0.1) is 0 Å². The summed E-state index contributed by atoms with van der Waals surface area (Å²) in [6, 6.07) is 5.95. The van der Waals surface area contributed by atoms with Crippen LogP contribution in [0.2, 0.25) is 0 Å². The first kappa shape index (κ1) is 20.4. The Labute approximate surface area is 157 Å². The molecule has 0 aliphatic carbocycles. The fraction of sp³-hybridized carbons (Fsp3) is 0.619. The second kappa shape index (κ2) is 7.78. The quantitative estimate of drug-likeness (QED) is 0.723. The van der Waals surface area contributed by atoms with Gasteiger partial charge in [0, 0.05) is 22.8 Å². The fourth-order valence-corrected chi connectivity index (χ4v) is 4.25. The van der Waals surface area contributed by atoms with Crippen LogP contribution in [0.15, 0.2) is 18.2 Å². The predicted octanol–water partition coefficient (Wildman–Crippen LogP) is 3.18. The van der Waals surface area contributed by atoms with Gasteiger partial charge in [0.15, 0.2) is 0 Å². The van der Waals surface area contributed by atoms with Gasteiger partial charge in [0.25, 0.3) is 0 Å². The highest BCUT2D eigenvalue weighted by molar-refractivity contribution is 6.39. The molecule has 1 aliphatic heterocycles. The lowest BCUT2D eigenvalue weighted by Gasteiger charge is -2.46. The summed E-state index contributed by atoms with van der Waals surface area (Å²) in [6.45, 7) is 12.6. The summed E-state index contributed by atoms with van der Waals surface area (Å²) in [7, 11) is 0. The number of benzene rings is 1. The summed E-state index contributed by atoms with van der Waals surface area (Å²) >= 11 is 0. The van der Waals surface area contributed by atoms with Crippen molar-refractivity contribution in [3.8, 4) is 0 Å². The first-order valence-corrected chi connectivity index (χ1v) is 9.59. The Morgan fingerprint density at radius 3 is 1.96 bits per heavy atom. The number of para-hydroxylation sites is 1. The Balaban J connectivity index is 2.08. The lowest BCUT2D eigenvalue weighted by atomic mass is 9.79. The maximum absolute atomic E-state index is 12.5.